The Kier molecular flexibility index (Phi) is 4.05. The van der Waals surface area contributed by atoms with Crippen molar-refractivity contribution in [3.8, 4) is 5.75 Å². The van der Waals surface area contributed by atoms with Crippen LogP contribution in [0, 0.1) is 6.92 Å². The summed E-state index contributed by atoms with van der Waals surface area (Å²) in [6.07, 6.45) is -0.232. The van der Waals surface area contributed by atoms with Gasteiger partial charge in [0, 0.05) is 5.56 Å². The van der Waals surface area contributed by atoms with Crippen LogP contribution in [0.15, 0.2) is 18.2 Å². The van der Waals surface area contributed by atoms with Gasteiger partial charge in [-0.1, -0.05) is 0 Å². The van der Waals surface area contributed by atoms with Crippen molar-refractivity contribution in [2.45, 2.75) is 13.3 Å². The number of benzene rings is 1. The molecule has 0 spiro atoms. The van der Waals surface area contributed by atoms with Gasteiger partial charge in [0.15, 0.2) is 5.78 Å². The maximum absolute atomic E-state index is 11.7. The first kappa shape index (κ1) is 12.2. The van der Waals surface area contributed by atoms with Crippen molar-refractivity contribution in [1.29, 1.82) is 0 Å². The van der Waals surface area contributed by atoms with Gasteiger partial charge in [-0.2, -0.15) is 0 Å². The molecule has 0 saturated heterocycles. The number of aryl methyl sites for hydroxylation is 1. The summed E-state index contributed by atoms with van der Waals surface area (Å²) in [7, 11) is 2.82. The molecular weight excluding hydrogens is 208 g/mol. The molecule has 86 valence electrons. The molecule has 1 aromatic carbocycles. The van der Waals surface area contributed by atoms with E-state index in [1.165, 1.54) is 7.11 Å². The van der Waals surface area contributed by atoms with Crippen LogP contribution in [-0.4, -0.2) is 26.0 Å². The Hall–Kier alpha value is -1.84. The van der Waals surface area contributed by atoms with Crippen LogP contribution >= 0.6 is 0 Å². The molecule has 0 radical (unpaired) electrons. The van der Waals surface area contributed by atoms with E-state index in [1.54, 1.807) is 32.2 Å². The van der Waals surface area contributed by atoms with Crippen molar-refractivity contribution in [2.24, 2.45) is 0 Å². The molecule has 4 nitrogen and oxygen atoms in total. The van der Waals surface area contributed by atoms with Crippen molar-refractivity contribution in [3.63, 3.8) is 0 Å². The molecular formula is C12H14O4. The Morgan fingerprint density at radius 2 is 1.94 bits per heavy atom. The summed E-state index contributed by atoms with van der Waals surface area (Å²) in [5.41, 5.74) is 1.31. The maximum atomic E-state index is 11.7. The lowest BCUT2D eigenvalue weighted by atomic mass is 10.0. The summed E-state index contributed by atoms with van der Waals surface area (Å²) in [5, 5.41) is 0. The van der Waals surface area contributed by atoms with Gasteiger partial charge in [0.2, 0.25) is 0 Å². The summed E-state index contributed by atoms with van der Waals surface area (Å²) < 4.78 is 9.47. The molecule has 0 unspecified atom stereocenters. The highest BCUT2D eigenvalue weighted by atomic mass is 16.5. The number of Topliss-reactive ketones (excluding diaryl/α,β-unsaturated/α-hetero) is 1. The van der Waals surface area contributed by atoms with Crippen molar-refractivity contribution in [2.75, 3.05) is 14.2 Å². The molecule has 0 amide bonds. The predicted molar refractivity (Wildman–Crippen MR) is 58.7 cm³/mol. The summed E-state index contributed by atoms with van der Waals surface area (Å²) in [4.78, 5) is 22.7. The van der Waals surface area contributed by atoms with Gasteiger partial charge in [-0.15, -0.1) is 0 Å². The first-order chi connectivity index (χ1) is 7.58. The summed E-state index contributed by atoms with van der Waals surface area (Å²) in [6, 6.07) is 5.10. The number of rotatable bonds is 4. The number of hydrogen-bond donors (Lipinski definition) is 0. The lowest BCUT2D eigenvalue weighted by Crippen LogP contribution is -2.10. The third-order valence-corrected chi connectivity index (χ3v) is 2.27. The van der Waals surface area contributed by atoms with Crippen LogP contribution in [0.1, 0.15) is 22.3 Å². The van der Waals surface area contributed by atoms with Gasteiger partial charge in [0.05, 0.1) is 14.2 Å². The van der Waals surface area contributed by atoms with Gasteiger partial charge in [0.25, 0.3) is 0 Å². The molecule has 0 aliphatic rings. The zero-order valence-electron chi connectivity index (χ0n) is 9.57. The van der Waals surface area contributed by atoms with E-state index in [9.17, 15) is 9.59 Å². The van der Waals surface area contributed by atoms with E-state index in [0.717, 1.165) is 5.56 Å². The predicted octanol–water partition coefficient (Wildman–Crippen LogP) is 1.75. The largest absolute Gasteiger partial charge is 0.497 e. The Morgan fingerprint density at radius 1 is 1.25 bits per heavy atom. The molecule has 0 heterocycles. The molecule has 4 heteroatoms. The normalized spacial score (nSPS) is 9.69. The lowest BCUT2D eigenvalue weighted by molar-refractivity contribution is -0.139. The fraction of sp³-hybridized carbons (Fsp3) is 0.333. The van der Waals surface area contributed by atoms with Crippen LogP contribution in [0.3, 0.4) is 0 Å². The molecule has 0 aliphatic carbocycles. The SMILES string of the molecule is COC(=O)CC(=O)c1ccc(OC)cc1C. The van der Waals surface area contributed by atoms with E-state index in [4.69, 9.17) is 4.74 Å². The van der Waals surface area contributed by atoms with E-state index in [0.29, 0.717) is 11.3 Å². The highest BCUT2D eigenvalue weighted by Gasteiger charge is 2.14. The Balaban J connectivity index is 2.88. The van der Waals surface area contributed by atoms with E-state index in [2.05, 4.69) is 4.74 Å². The lowest BCUT2D eigenvalue weighted by Gasteiger charge is -2.06. The second kappa shape index (κ2) is 5.30. The first-order valence-electron chi connectivity index (χ1n) is 4.83. The van der Waals surface area contributed by atoms with Crippen LogP contribution in [0.2, 0.25) is 0 Å². The Morgan fingerprint density at radius 3 is 2.44 bits per heavy atom. The van der Waals surface area contributed by atoms with Crippen LogP contribution in [0.4, 0.5) is 0 Å². The van der Waals surface area contributed by atoms with Crippen molar-refractivity contribution in [3.05, 3.63) is 29.3 Å². The molecule has 1 aromatic rings. The minimum Gasteiger partial charge on any atom is -0.497 e. The zero-order valence-corrected chi connectivity index (χ0v) is 9.57. The van der Waals surface area contributed by atoms with Crippen molar-refractivity contribution in [1.82, 2.24) is 0 Å². The van der Waals surface area contributed by atoms with Gasteiger partial charge in [-0.25, -0.2) is 0 Å². The molecule has 16 heavy (non-hydrogen) atoms. The van der Waals surface area contributed by atoms with Crippen molar-refractivity contribution >= 4 is 11.8 Å². The fourth-order valence-electron chi connectivity index (χ4n) is 1.37. The molecule has 0 bridgehead atoms. The molecule has 0 aliphatic heterocycles. The van der Waals surface area contributed by atoms with E-state index in [1.807, 2.05) is 0 Å². The number of methoxy groups -OCH3 is 2. The number of carbonyl (C=O) groups is 2. The number of hydrogen-bond acceptors (Lipinski definition) is 4. The maximum Gasteiger partial charge on any atom is 0.313 e. The van der Waals surface area contributed by atoms with E-state index in [-0.39, 0.29) is 12.2 Å². The summed E-state index contributed by atoms with van der Waals surface area (Å²) in [6.45, 7) is 1.80. The van der Waals surface area contributed by atoms with Gasteiger partial charge in [-0.3, -0.25) is 9.59 Å². The third-order valence-electron chi connectivity index (χ3n) is 2.27. The van der Waals surface area contributed by atoms with Crippen LogP contribution in [-0.2, 0) is 9.53 Å². The summed E-state index contributed by atoms with van der Waals surface area (Å²) >= 11 is 0. The van der Waals surface area contributed by atoms with Gasteiger partial charge in [-0.05, 0) is 30.7 Å². The highest BCUT2D eigenvalue weighted by Crippen LogP contribution is 2.18. The molecule has 1 rings (SSSR count). The minimum absolute atomic E-state index is 0.232. The van der Waals surface area contributed by atoms with E-state index >= 15 is 0 Å². The average Bonchev–Trinajstić information content (AvgIpc) is 2.28. The summed E-state index contributed by atoms with van der Waals surface area (Å²) in [5.74, 6) is -0.0839. The molecule has 0 aromatic heterocycles. The Labute approximate surface area is 94.2 Å². The standard InChI is InChI=1S/C12H14O4/c1-8-6-9(15-2)4-5-10(8)11(13)7-12(14)16-3/h4-6H,7H2,1-3H3. The van der Waals surface area contributed by atoms with Gasteiger partial charge in [0.1, 0.15) is 12.2 Å². The van der Waals surface area contributed by atoms with Crippen molar-refractivity contribution < 1.29 is 19.1 Å². The number of carbonyl (C=O) groups excluding carboxylic acids is 2. The number of esters is 1. The smallest absolute Gasteiger partial charge is 0.313 e. The molecule has 0 N–H and O–H groups in total. The topological polar surface area (TPSA) is 52.6 Å². The zero-order chi connectivity index (χ0) is 12.1. The minimum atomic E-state index is -0.528. The first-order valence-corrected chi connectivity index (χ1v) is 4.83. The van der Waals surface area contributed by atoms with Crippen LogP contribution in [0.5, 0.6) is 5.75 Å². The monoisotopic (exact) mass is 222 g/mol. The Bertz CT molecular complexity index is 409. The average molecular weight is 222 g/mol. The number of ketones is 1. The second-order valence-electron chi connectivity index (χ2n) is 3.36. The number of ether oxygens (including phenoxy) is 2. The van der Waals surface area contributed by atoms with Gasteiger partial charge >= 0.3 is 5.97 Å². The third kappa shape index (κ3) is 2.82. The fourth-order valence-corrected chi connectivity index (χ4v) is 1.37. The molecule has 0 fully saturated rings. The molecule has 0 atom stereocenters. The molecule has 0 saturated carbocycles. The highest BCUT2D eigenvalue weighted by molar-refractivity contribution is 6.06. The van der Waals surface area contributed by atoms with Crippen LogP contribution < -0.4 is 4.74 Å². The van der Waals surface area contributed by atoms with Gasteiger partial charge < -0.3 is 9.47 Å². The van der Waals surface area contributed by atoms with E-state index < -0.39 is 5.97 Å². The van der Waals surface area contributed by atoms with Crippen LogP contribution in [0.25, 0.3) is 0 Å². The quantitative estimate of drug-likeness (QED) is 0.442. The second-order valence-corrected chi connectivity index (χ2v) is 3.36.